The molecule has 1 aromatic heterocycles. The molecule has 1 atom stereocenters. The van der Waals surface area contributed by atoms with E-state index in [2.05, 4.69) is 10.3 Å². The molecule has 2 rings (SSSR count). The van der Waals surface area contributed by atoms with E-state index in [1.807, 2.05) is 18.2 Å². The van der Waals surface area contributed by atoms with Gasteiger partial charge in [0.1, 0.15) is 5.82 Å². The van der Waals surface area contributed by atoms with E-state index >= 15 is 0 Å². The maximum absolute atomic E-state index is 12.0. The van der Waals surface area contributed by atoms with Gasteiger partial charge in [0.15, 0.2) is 6.10 Å². The lowest BCUT2D eigenvalue weighted by atomic mass is 10.3. The molecule has 1 aromatic carbocycles. The highest BCUT2D eigenvalue weighted by Crippen LogP contribution is 2.27. The third kappa shape index (κ3) is 6.57. The Labute approximate surface area is 160 Å². The van der Waals surface area contributed by atoms with Gasteiger partial charge in [0, 0.05) is 16.8 Å². The van der Waals surface area contributed by atoms with Crippen molar-refractivity contribution in [2.24, 2.45) is 0 Å². The number of carbonyl (C=O) groups excluding carboxylic acids is 2. The van der Waals surface area contributed by atoms with Gasteiger partial charge in [0.2, 0.25) is 0 Å². The zero-order valence-electron chi connectivity index (χ0n) is 13.4. The molecule has 0 saturated heterocycles. The normalized spacial score (nSPS) is 11.6. The number of ether oxygens (including phenoxy) is 1. The van der Waals surface area contributed by atoms with Crippen LogP contribution in [0.4, 0.5) is 5.82 Å². The number of thioether (sulfide) groups is 1. The quantitative estimate of drug-likeness (QED) is 0.551. The molecule has 25 heavy (non-hydrogen) atoms. The van der Waals surface area contributed by atoms with Gasteiger partial charge in [-0.1, -0.05) is 35.3 Å². The van der Waals surface area contributed by atoms with E-state index in [4.69, 9.17) is 27.9 Å². The number of carbonyl (C=O) groups is 2. The van der Waals surface area contributed by atoms with Crippen LogP contribution in [-0.4, -0.2) is 28.7 Å². The van der Waals surface area contributed by atoms with E-state index < -0.39 is 18.0 Å². The van der Waals surface area contributed by atoms with Gasteiger partial charge in [-0.15, -0.1) is 11.8 Å². The van der Waals surface area contributed by atoms with Crippen LogP contribution in [0.25, 0.3) is 0 Å². The number of rotatable bonds is 7. The van der Waals surface area contributed by atoms with Crippen LogP contribution < -0.4 is 5.32 Å². The average molecular weight is 399 g/mol. The summed E-state index contributed by atoms with van der Waals surface area (Å²) in [5, 5.41) is 3.66. The molecular weight excluding hydrogens is 383 g/mol. The monoisotopic (exact) mass is 398 g/mol. The van der Waals surface area contributed by atoms with Crippen molar-refractivity contribution in [2.75, 3.05) is 11.1 Å². The highest BCUT2D eigenvalue weighted by atomic mass is 35.5. The second-order valence-electron chi connectivity index (χ2n) is 5.01. The fraction of sp³-hybridized carbons (Fsp3) is 0.235. The molecule has 1 unspecified atom stereocenters. The number of aromatic nitrogens is 1. The summed E-state index contributed by atoms with van der Waals surface area (Å²) in [6.45, 7) is 1.50. The molecule has 1 amide bonds. The molecule has 0 fully saturated rings. The molecule has 1 heterocycles. The summed E-state index contributed by atoms with van der Waals surface area (Å²) in [5.74, 6) is -0.0601. The number of amides is 1. The third-order valence-corrected chi connectivity index (χ3v) is 4.80. The smallest absolute Gasteiger partial charge is 0.307 e. The topological polar surface area (TPSA) is 68.3 Å². The molecular formula is C17H16Cl2N2O3S. The first kappa shape index (κ1) is 19.6. The predicted molar refractivity (Wildman–Crippen MR) is 100 cm³/mol. The molecule has 0 saturated carbocycles. The van der Waals surface area contributed by atoms with Crippen LogP contribution in [0.1, 0.15) is 13.3 Å². The van der Waals surface area contributed by atoms with Gasteiger partial charge in [-0.2, -0.15) is 0 Å². The van der Waals surface area contributed by atoms with Crippen molar-refractivity contribution in [3.05, 3.63) is 52.6 Å². The van der Waals surface area contributed by atoms with Crippen LogP contribution in [0.3, 0.4) is 0 Å². The van der Waals surface area contributed by atoms with Gasteiger partial charge < -0.3 is 10.1 Å². The standard InChI is InChI=1S/C17H16Cl2N2O3S/c1-11(17(23)21-15-7-6-12(18)10-20-15)24-16(22)8-9-25-14-5-3-2-4-13(14)19/h2-7,10-11H,8-9H2,1H3,(H,20,21,23). The Morgan fingerprint density at radius 1 is 1.24 bits per heavy atom. The van der Waals surface area contributed by atoms with Crippen LogP contribution in [0.5, 0.6) is 0 Å². The van der Waals surface area contributed by atoms with Gasteiger partial charge >= 0.3 is 5.97 Å². The average Bonchev–Trinajstić information content (AvgIpc) is 2.58. The SMILES string of the molecule is CC(OC(=O)CCSc1ccccc1Cl)C(=O)Nc1ccc(Cl)cn1. The van der Waals surface area contributed by atoms with Crippen LogP contribution in [-0.2, 0) is 14.3 Å². The summed E-state index contributed by atoms with van der Waals surface area (Å²) < 4.78 is 5.13. The lowest BCUT2D eigenvalue weighted by Gasteiger charge is -2.13. The number of pyridine rings is 1. The van der Waals surface area contributed by atoms with E-state index in [0.29, 0.717) is 21.6 Å². The zero-order valence-corrected chi connectivity index (χ0v) is 15.7. The van der Waals surface area contributed by atoms with E-state index in [-0.39, 0.29) is 6.42 Å². The first-order valence-electron chi connectivity index (χ1n) is 7.45. The van der Waals surface area contributed by atoms with Crippen molar-refractivity contribution in [3.63, 3.8) is 0 Å². The summed E-state index contributed by atoms with van der Waals surface area (Å²) in [5.41, 5.74) is 0. The molecule has 5 nitrogen and oxygen atoms in total. The highest BCUT2D eigenvalue weighted by molar-refractivity contribution is 7.99. The van der Waals surface area contributed by atoms with Crippen LogP contribution >= 0.6 is 35.0 Å². The van der Waals surface area contributed by atoms with Crippen LogP contribution in [0.2, 0.25) is 10.0 Å². The van der Waals surface area contributed by atoms with Crippen LogP contribution in [0, 0.1) is 0 Å². The fourth-order valence-electron chi connectivity index (χ4n) is 1.79. The van der Waals surface area contributed by atoms with E-state index in [1.54, 1.807) is 18.2 Å². The number of halogens is 2. The Balaban J connectivity index is 1.74. The van der Waals surface area contributed by atoms with Gasteiger partial charge in [-0.25, -0.2) is 4.98 Å². The Kier molecular flexibility index (Phi) is 7.55. The lowest BCUT2D eigenvalue weighted by Crippen LogP contribution is -2.30. The summed E-state index contributed by atoms with van der Waals surface area (Å²) >= 11 is 13.2. The molecule has 8 heteroatoms. The molecule has 0 radical (unpaired) electrons. The molecule has 0 aliphatic rings. The molecule has 0 bridgehead atoms. The van der Waals surface area contributed by atoms with Crippen molar-refractivity contribution in [1.29, 1.82) is 0 Å². The number of hydrogen-bond donors (Lipinski definition) is 1. The largest absolute Gasteiger partial charge is 0.453 e. The Bertz CT molecular complexity index is 741. The van der Waals surface area contributed by atoms with Gasteiger partial charge in [0.05, 0.1) is 16.5 Å². The molecule has 1 N–H and O–H groups in total. The van der Waals surface area contributed by atoms with Gasteiger partial charge in [0.25, 0.3) is 5.91 Å². The maximum Gasteiger partial charge on any atom is 0.307 e. The second-order valence-corrected chi connectivity index (χ2v) is 6.99. The number of hydrogen-bond acceptors (Lipinski definition) is 5. The minimum Gasteiger partial charge on any atom is -0.453 e. The number of anilines is 1. The van der Waals surface area contributed by atoms with Gasteiger partial charge in [-0.3, -0.25) is 9.59 Å². The van der Waals surface area contributed by atoms with Crippen LogP contribution in [0.15, 0.2) is 47.5 Å². The summed E-state index contributed by atoms with van der Waals surface area (Å²) in [6.07, 6.45) is 0.669. The van der Waals surface area contributed by atoms with Gasteiger partial charge in [-0.05, 0) is 31.2 Å². The molecule has 0 aliphatic heterocycles. The fourth-order valence-corrected chi connectivity index (χ4v) is 3.07. The van der Waals surface area contributed by atoms with Crippen molar-refractivity contribution in [2.45, 2.75) is 24.3 Å². The number of nitrogens with zero attached hydrogens (tertiary/aromatic N) is 1. The van der Waals surface area contributed by atoms with Crippen molar-refractivity contribution in [1.82, 2.24) is 4.98 Å². The van der Waals surface area contributed by atoms with E-state index in [9.17, 15) is 9.59 Å². The second kappa shape index (κ2) is 9.65. The molecule has 132 valence electrons. The van der Waals surface area contributed by atoms with Crippen molar-refractivity contribution in [3.8, 4) is 0 Å². The minimum absolute atomic E-state index is 0.173. The Hall–Kier alpha value is -1.76. The van der Waals surface area contributed by atoms with E-state index in [1.165, 1.54) is 24.9 Å². The first-order valence-corrected chi connectivity index (χ1v) is 9.19. The Morgan fingerprint density at radius 3 is 2.68 bits per heavy atom. The van der Waals surface area contributed by atoms with Crippen molar-refractivity contribution < 1.29 is 14.3 Å². The third-order valence-electron chi connectivity index (χ3n) is 3.06. The lowest BCUT2D eigenvalue weighted by molar-refractivity contribution is -0.152. The van der Waals surface area contributed by atoms with Crippen molar-refractivity contribution >= 4 is 52.7 Å². The molecule has 0 spiro atoms. The summed E-state index contributed by atoms with van der Waals surface area (Å²) in [4.78, 5) is 28.7. The molecule has 0 aliphatic carbocycles. The summed E-state index contributed by atoms with van der Waals surface area (Å²) in [6, 6.07) is 10.6. The zero-order chi connectivity index (χ0) is 18.2. The maximum atomic E-state index is 12.0. The minimum atomic E-state index is -0.921. The molecule has 2 aromatic rings. The number of esters is 1. The Morgan fingerprint density at radius 2 is 2.00 bits per heavy atom. The summed E-state index contributed by atoms with van der Waals surface area (Å²) in [7, 11) is 0. The highest BCUT2D eigenvalue weighted by Gasteiger charge is 2.18. The number of benzene rings is 1. The first-order chi connectivity index (χ1) is 12.0. The van der Waals surface area contributed by atoms with E-state index in [0.717, 1.165) is 4.90 Å². The number of nitrogens with one attached hydrogen (secondary N) is 1. The predicted octanol–water partition coefficient (Wildman–Crippen LogP) is 4.44.